The lowest BCUT2D eigenvalue weighted by molar-refractivity contribution is 0.306. The minimum absolute atomic E-state index is 0.540. The Balaban J connectivity index is 1.85. The first-order valence-corrected chi connectivity index (χ1v) is 6.56. The zero-order chi connectivity index (χ0) is 14.2. The van der Waals surface area contributed by atoms with Crippen molar-refractivity contribution in [3.63, 3.8) is 0 Å². The topological polar surface area (TPSA) is 54.7 Å². The molecule has 1 aromatic heterocycles. The van der Waals surface area contributed by atoms with E-state index >= 15 is 0 Å². The summed E-state index contributed by atoms with van der Waals surface area (Å²) >= 11 is 0. The molecule has 0 amide bonds. The van der Waals surface area contributed by atoms with E-state index in [1.807, 2.05) is 43.3 Å². The maximum absolute atomic E-state index is 8.60. The van der Waals surface area contributed by atoms with Gasteiger partial charge in [-0.15, -0.1) is 0 Å². The van der Waals surface area contributed by atoms with Gasteiger partial charge in [0.05, 0.1) is 5.71 Å². The Morgan fingerprint density at radius 1 is 1.10 bits per heavy atom. The molecule has 0 bridgehead atoms. The van der Waals surface area contributed by atoms with E-state index in [4.69, 9.17) is 9.94 Å². The quantitative estimate of drug-likeness (QED) is 0.497. The fourth-order valence-electron chi connectivity index (χ4n) is 1.77. The number of hydrogen-bond donors (Lipinski definition) is 1. The highest BCUT2D eigenvalue weighted by Crippen LogP contribution is 2.15. The van der Waals surface area contributed by atoms with E-state index in [-0.39, 0.29) is 0 Å². The van der Waals surface area contributed by atoms with Crippen molar-refractivity contribution < 1.29 is 9.94 Å². The summed E-state index contributed by atoms with van der Waals surface area (Å²) < 4.78 is 5.70. The van der Waals surface area contributed by atoms with Crippen LogP contribution in [0, 0.1) is 0 Å². The average Bonchev–Trinajstić information content (AvgIpc) is 2.52. The van der Waals surface area contributed by atoms with Crippen molar-refractivity contribution in [2.24, 2.45) is 5.16 Å². The number of aromatic nitrogens is 1. The Kier molecular flexibility index (Phi) is 5.12. The van der Waals surface area contributed by atoms with Gasteiger partial charge in [-0.2, -0.15) is 0 Å². The first-order chi connectivity index (χ1) is 9.78. The molecule has 0 fully saturated rings. The maximum Gasteiger partial charge on any atom is 0.119 e. The Hall–Kier alpha value is -2.36. The molecule has 0 atom stereocenters. The van der Waals surface area contributed by atoms with Crippen LogP contribution in [0.1, 0.15) is 24.5 Å². The van der Waals surface area contributed by atoms with E-state index in [2.05, 4.69) is 10.1 Å². The highest BCUT2D eigenvalue weighted by Gasteiger charge is 1.99. The summed E-state index contributed by atoms with van der Waals surface area (Å²) in [7, 11) is 0. The molecular formula is C16H18N2O2. The summed E-state index contributed by atoms with van der Waals surface area (Å²) in [6, 6.07) is 11.9. The first kappa shape index (κ1) is 14.1. The first-order valence-electron chi connectivity index (χ1n) is 6.56. The second-order valence-electron chi connectivity index (χ2n) is 4.62. The van der Waals surface area contributed by atoms with Crippen molar-refractivity contribution in [2.45, 2.75) is 26.4 Å². The number of benzene rings is 1. The molecule has 0 aliphatic carbocycles. The van der Waals surface area contributed by atoms with Gasteiger partial charge in [0.2, 0.25) is 0 Å². The number of oxime groups is 1. The van der Waals surface area contributed by atoms with Crippen molar-refractivity contribution >= 4 is 5.71 Å². The van der Waals surface area contributed by atoms with Gasteiger partial charge in [0.25, 0.3) is 0 Å². The molecule has 1 aromatic carbocycles. The van der Waals surface area contributed by atoms with Crippen molar-refractivity contribution in [3.05, 3.63) is 59.9 Å². The Labute approximate surface area is 118 Å². The SMILES string of the molecule is C/C(CCc1ccc(OCc2ccncc2)cc1)=N\O. The molecule has 4 nitrogen and oxygen atoms in total. The third kappa shape index (κ3) is 4.39. The molecule has 4 heteroatoms. The average molecular weight is 270 g/mol. The molecule has 1 N–H and O–H groups in total. The predicted molar refractivity (Wildman–Crippen MR) is 78.2 cm³/mol. The van der Waals surface area contributed by atoms with Crippen LogP contribution in [0.2, 0.25) is 0 Å². The van der Waals surface area contributed by atoms with Gasteiger partial charge >= 0.3 is 0 Å². The molecule has 20 heavy (non-hydrogen) atoms. The predicted octanol–water partition coefficient (Wildman–Crippen LogP) is 3.44. The summed E-state index contributed by atoms with van der Waals surface area (Å²) in [5.74, 6) is 0.845. The zero-order valence-corrected chi connectivity index (χ0v) is 11.5. The largest absolute Gasteiger partial charge is 0.489 e. The van der Waals surface area contributed by atoms with E-state index in [0.29, 0.717) is 6.61 Å². The number of hydrogen-bond acceptors (Lipinski definition) is 4. The van der Waals surface area contributed by atoms with Crippen molar-refractivity contribution in [3.8, 4) is 5.75 Å². The second kappa shape index (κ2) is 7.28. The Bertz CT molecular complexity index is 550. The van der Waals surface area contributed by atoms with Crippen molar-refractivity contribution in [2.75, 3.05) is 0 Å². The second-order valence-corrected chi connectivity index (χ2v) is 4.62. The van der Waals surface area contributed by atoms with Crippen LogP contribution in [-0.4, -0.2) is 15.9 Å². The maximum atomic E-state index is 8.60. The van der Waals surface area contributed by atoms with Crippen LogP contribution in [-0.2, 0) is 13.0 Å². The van der Waals surface area contributed by atoms with E-state index in [1.54, 1.807) is 12.4 Å². The van der Waals surface area contributed by atoms with Crippen LogP contribution in [0.15, 0.2) is 53.9 Å². The van der Waals surface area contributed by atoms with E-state index in [0.717, 1.165) is 29.9 Å². The van der Waals surface area contributed by atoms with Gasteiger partial charge in [0.15, 0.2) is 0 Å². The highest BCUT2D eigenvalue weighted by molar-refractivity contribution is 5.81. The fraction of sp³-hybridized carbons (Fsp3) is 0.250. The smallest absolute Gasteiger partial charge is 0.119 e. The monoisotopic (exact) mass is 270 g/mol. The third-order valence-electron chi connectivity index (χ3n) is 3.02. The third-order valence-corrected chi connectivity index (χ3v) is 3.02. The van der Waals surface area contributed by atoms with Crippen LogP contribution >= 0.6 is 0 Å². The summed E-state index contributed by atoms with van der Waals surface area (Å²) in [5, 5.41) is 11.8. The molecule has 0 unspecified atom stereocenters. The number of nitrogens with zero attached hydrogens (tertiary/aromatic N) is 2. The van der Waals surface area contributed by atoms with Gasteiger partial charge in [0, 0.05) is 12.4 Å². The molecule has 0 radical (unpaired) electrons. The lowest BCUT2D eigenvalue weighted by Gasteiger charge is -2.07. The van der Waals surface area contributed by atoms with Crippen LogP contribution in [0.4, 0.5) is 0 Å². The normalized spacial score (nSPS) is 11.3. The molecule has 2 aromatic rings. The number of rotatable bonds is 6. The Morgan fingerprint density at radius 3 is 2.45 bits per heavy atom. The van der Waals surface area contributed by atoms with Gasteiger partial charge < -0.3 is 9.94 Å². The molecule has 2 rings (SSSR count). The molecule has 0 aliphatic rings. The standard InChI is InChI=1S/C16H18N2O2/c1-13(18-19)2-3-14-4-6-16(7-5-14)20-12-15-8-10-17-11-9-15/h4-11,19H,2-3,12H2,1H3/b18-13+. The fourth-order valence-corrected chi connectivity index (χ4v) is 1.77. The highest BCUT2D eigenvalue weighted by atomic mass is 16.5. The molecule has 0 aliphatic heterocycles. The summed E-state index contributed by atoms with van der Waals surface area (Å²) in [4.78, 5) is 3.97. The molecule has 1 heterocycles. The lowest BCUT2D eigenvalue weighted by Crippen LogP contribution is -1.97. The van der Waals surface area contributed by atoms with E-state index < -0.39 is 0 Å². The van der Waals surface area contributed by atoms with Crippen LogP contribution in [0.5, 0.6) is 5.75 Å². The van der Waals surface area contributed by atoms with E-state index in [9.17, 15) is 0 Å². The van der Waals surface area contributed by atoms with Crippen molar-refractivity contribution in [1.82, 2.24) is 4.98 Å². The summed E-state index contributed by atoms with van der Waals surface area (Å²) in [6.07, 6.45) is 5.13. The van der Waals surface area contributed by atoms with E-state index in [1.165, 1.54) is 5.56 Å². The molecule has 0 spiro atoms. The summed E-state index contributed by atoms with van der Waals surface area (Å²) in [6.45, 7) is 2.35. The van der Waals surface area contributed by atoms with Gasteiger partial charge in [0.1, 0.15) is 12.4 Å². The van der Waals surface area contributed by atoms with Crippen molar-refractivity contribution in [1.29, 1.82) is 0 Å². The lowest BCUT2D eigenvalue weighted by atomic mass is 10.1. The summed E-state index contributed by atoms with van der Waals surface area (Å²) in [5.41, 5.74) is 3.03. The van der Waals surface area contributed by atoms with Gasteiger partial charge in [-0.25, -0.2) is 0 Å². The zero-order valence-electron chi connectivity index (χ0n) is 11.5. The van der Waals surface area contributed by atoms with Crippen LogP contribution in [0.3, 0.4) is 0 Å². The van der Waals surface area contributed by atoms with Gasteiger partial charge in [-0.1, -0.05) is 17.3 Å². The van der Waals surface area contributed by atoms with Crippen LogP contribution < -0.4 is 4.74 Å². The minimum atomic E-state index is 0.540. The number of aryl methyl sites for hydroxylation is 1. The van der Waals surface area contributed by atoms with Gasteiger partial charge in [-0.3, -0.25) is 4.98 Å². The molecule has 104 valence electrons. The Morgan fingerprint density at radius 2 is 1.80 bits per heavy atom. The number of ether oxygens (including phenoxy) is 1. The minimum Gasteiger partial charge on any atom is -0.489 e. The molecule has 0 saturated heterocycles. The molecule has 0 saturated carbocycles. The van der Waals surface area contributed by atoms with Crippen LogP contribution in [0.25, 0.3) is 0 Å². The number of pyridine rings is 1. The van der Waals surface area contributed by atoms with Gasteiger partial charge in [-0.05, 0) is 55.2 Å². The molecular weight excluding hydrogens is 252 g/mol.